The number of allylic oxidation sites excluding steroid dienone is 4. The van der Waals surface area contributed by atoms with E-state index in [1.807, 2.05) is 27.0 Å². The fraction of sp³-hybridized carbons (Fsp3) is 0.708. The average Bonchev–Trinajstić information content (AvgIpc) is 3.19. The van der Waals surface area contributed by atoms with Gasteiger partial charge in [-0.05, 0) is 88.3 Å². The molecule has 0 aromatic heterocycles. The van der Waals surface area contributed by atoms with Gasteiger partial charge in [-0.25, -0.2) is 0 Å². The molecule has 0 saturated carbocycles. The lowest BCUT2D eigenvalue weighted by molar-refractivity contribution is -0.156. The van der Waals surface area contributed by atoms with Crippen LogP contribution in [-0.2, 0) is 4.74 Å². The summed E-state index contributed by atoms with van der Waals surface area (Å²) in [6, 6.07) is 0. The Kier molecular flexibility index (Phi) is 12.6. The van der Waals surface area contributed by atoms with Crippen molar-refractivity contribution in [2.24, 2.45) is 10.9 Å². The van der Waals surface area contributed by atoms with E-state index in [1.165, 1.54) is 16.7 Å². The Hall–Kier alpha value is -0.530. The summed E-state index contributed by atoms with van der Waals surface area (Å²) in [4.78, 5) is 5.51. The van der Waals surface area contributed by atoms with Crippen LogP contribution in [0.15, 0.2) is 38.8 Å². The van der Waals surface area contributed by atoms with Crippen molar-refractivity contribution in [3.63, 3.8) is 0 Å². The molecule has 1 fully saturated rings. The van der Waals surface area contributed by atoms with Crippen molar-refractivity contribution in [1.29, 1.82) is 0 Å². The molecule has 0 bridgehead atoms. The van der Waals surface area contributed by atoms with Crippen LogP contribution in [0.1, 0.15) is 79.6 Å². The number of aliphatic hydroxyl groups excluding tert-OH is 1. The van der Waals surface area contributed by atoms with Gasteiger partial charge in [0.05, 0.1) is 24.4 Å². The van der Waals surface area contributed by atoms with Gasteiger partial charge in [0.25, 0.3) is 0 Å². The maximum atomic E-state index is 10.5. The average molecular weight is 456 g/mol. The molecule has 172 valence electrons. The highest BCUT2D eigenvalue weighted by Gasteiger charge is 2.46. The van der Waals surface area contributed by atoms with Crippen LogP contribution >= 0.6 is 25.5 Å². The predicted octanol–water partition coefficient (Wildman–Crippen LogP) is 6.44. The Morgan fingerprint density at radius 3 is 2.63 bits per heavy atom. The number of nitrogens with zero attached hydrogens (tertiary/aromatic N) is 1. The third kappa shape index (κ3) is 7.86. The van der Waals surface area contributed by atoms with E-state index in [-0.39, 0.29) is 23.7 Å². The zero-order chi connectivity index (χ0) is 22.7. The fourth-order valence-electron chi connectivity index (χ4n) is 4.49. The zero-order valence-electron chi connectivity index (χ0n) is 19.3. The molecule has 4 nitrogen and oxygen atoms in total. The molecule has 3 unspecified atom stereocenters. The molecule has 1 saturated heterocycles. The summed E-state index contributed by atoms with van der Waals surface area (Å²) in [6.07, 6.45) is 13.3. The second-order valence-corrected chi connectivity index (χ2v) is 9.16. The third-order valence-corrected chi connectivity index (χ3v) is 6.32. The van der Waals surface area contributed by atoms with Crippen molar-refractivity contribution < 1.29 is 14.4 Å². The number of fused-ring (bicyclic) bond motifs is 2. The monoisotopic (exact) mass is 455 g/mol. The minimum atomic E-state index is -0.279. The van der Waals surface area contributed by atoms with Crippen molar-refractivity contribution >= 4 is 31.8 Å². The van der Waals surface area contributed by atoms with E-state index in [4.69, 9.17) is 9.29 Å². The van der Waals surface area contributed by atoms with Crippen LogP contribution in [0.4, 0.5) is 0 Å². The summed E-state index contributed by atoms with van der Waals surface area (Å²) in [5.74, 6) is 0.247. The van der Waals surface area contributed by atoms with Crippen LogP contribution in [0, 0.1) is 5.92 Å². The summed E-state index contributed by atoms with van der Waals surface area (Å²) in [6.45, 7) is 11.2. The minimum Gasteiger partial charge on any atom is -0.392 e. The number of aliphatic imine (C=N–C) groups is 1. The highest BCUT2D eigenvalue weighted by atomic mass is 32.1. The topological polar surface area (TPSA) is 62.1 Å². The Morgan fingerprint density at radius 1 is 1.27 bits per heavy atom. The van der Waals surface area contributed by atoms with Gasteiger partial charge in [0, 0.05) is 18.6 Å². The van der Waals surface area contributed by atoms with Gasteiger partial charge in [0.15, 0.2) is 0 Å². The highest BCUT2D eigenvalue weighted by Crippen LogP contribution is 2.45. The van der Waals surface area contributed by atoms with Crippen molar-refractivity contribution in [2.75, 3.05) is 6.54 Å². The van der Waals surface area contributed by atoms with E-state index in [9.17, 15) is 5.11 Å². The second kappa shape index (κ2) is 13.8. The largest absolute Gasteiger partial charge is 0.392 e. The summed E-state index contributed by atoms with van der Waals surface area (Å²) in [7, 11) is 0. The Labute approximate surface area is 194 Å². The molecule has 3 aliphatic rings. The summed E-state index contributed by atoms with van der Waals surface area (Å²) >= 11 is 6.84. The van der Waals surface area contributed by atoms with Crippen LogP contribution in [0.25, 0.3) is 0 Å². The molecule has 0 aromatic carbocycles. The lowest BCUT2D eigenvalue weighted by Crippen LogP contribution is -2.50. The molecule has 2 heterocycles. The Balaban J connectivity index is 0.00000106. The SMILES string of the molecule is C/C(S)=C\CC/C(C)=C/CC[C@@]1(C)CCC2C(O)CC3=C(CN=C3)C2O1.CC.OS. The molecule has 4 atom stereocenters. The second-order valence-electron chi connectivity index (χ2n) is 8.46. The molecule has 1 aliphatic carbocycles. The smallest absolute Gasteiger partial charge is 0.0869 e. The predicted molar refractivity (Wildman–Crippen MR) is 135 cm³/mol. The van der Waals surface area contributed by atoms with E-state index in [0.717, 1.165) is 56.4 Å². The molecule has 0 aromatic rings. The van der Waals surface area contributed by atoms with Gasteiger partial charge in [-0.2, -0.15) is 0 Å². The number of thiol groups is 2. The van der Waals surface area contributed by atoms with Crippen molar-refractivity contribution in [3.05, 3.63) is 33.8 Å². The first-order valence-electron chi connectivity index (χ1n) is 11.2. The number of aliphatic hydroxyl groups is 1. The Morgan fingerprint density at radius 2 is 1.97 bits per heavy atom. The quantitative estimate of drug-likeness (QED) is 0.212. The standard InChI is InChI=1S/C22H33NO2S.C2H6.H2OS/c1-15(6-4-8-16(2)26)7-5-10-22(3)11-9-18-20(24)12-17-13-23-14-19(17)21(18)25-22;2*1-2/h7-8,13,18,20-21,24,26H,4-6,9-12,14H2,1-3H3;1-2H3;1-2H/b15-7+,16-8+;;/t18?,20?,21?,22-;;/m0../s1. The fourth-order valence-corrected chi connectivity index (χ4v) is 4.62. The van der Waals surface area contributed by atoms with E-state index < -0.39 is 0 Å². The molecular formula is C24H41NO3S2. The number of hydrogen-bond acceptors (Lipinski definition) is 6. The normalized spacial score (nSPS) is 30.6. The third-order valence-electron chi connectivity index (χ3n) is 6.14. The number of rotatable bonds is 6. The lowest BCUT2D eigenvalue weighted by Gasteiger charge is -2.47. The maximum absolute atomic E-state index is 10.5. The van der Waals surface area contributed by atoms with Gasteiger partial charge in [-0.3, -0.25) is 4.99 Å². The number of ether oxygens (including phenoxy) is 1. The van der Waals surface area contributed by atoms with Crippen LogP contribution in [-0.4, -0.2) is 40.2 Å². The van der Waals surface area contributed by atoms with E-state index in [1.54, 1.807) is 0 Å². The Bertz CT molecular complexity index is 653. The van der Waals surface area contributed by atoms with Crippen LogP contribution in [0.5, 0.6) is 0 Å². The molecular weight excluding hydrogens is 414 g/mol. The molecule has 0 amide bonds. The first-order valence-corrected chi connectivity index (χ1v) is 12.0. The van der Waals surface area contributed by atoms with Crippen molar-refractivity contribution in [2.45, 2.75) is 97.4 Å². The summed E-state index contributed by atoms with van der Waals surface area (Å²) in [5.41, 5.74) is 3.88. The maximum Gasteiger partial charge on any atom is 0.0869 e. The minimum absolute atomic E-state index is 0.0589. The van der Waals surface area contributed by atoms with Gasteiger partial charge < -0.3 is 14.4 Å². The molecule has 6 heteroatoms. The van der Waals surface area contributed by atoms with Crippen LogP contribution < -0.4 is 0 Å². The summed E-state index contributed by atoms with van der Waals surface area (Å²) < 4.78 is 13.3. The number of hydrogen-bond donors (Lipinski definition) is 4. The summed E-state index contributed by atoms with van der Waals surface area (Å²) in [5, 5.41) is 10.5. The van der Waals surface area contributed by atoms with Gasteiger partial charge >= 0.3 is 0 Å². The van der Waals surface area contributed by atoms with Crippen molar-refractivity contribution in [3.8, 4) is 0 Å². The molecule has 2 N–H and O–H groups in total. The van der Waals surface area contributed by atoms with Gasteiger partial charge in [0.1, 0.15) is 0 Å². The highest BCUT2D eigenvalue weighted by molar-refractivity contribution is 7.84. The van der Waals surface area contributed by atoms with E-state index in [2.05, 4.69) is 56.5 Å². The van der Waals surface area contributed by atoms with Crippen LogP contribution in [0.3, 0.4) is 0 Å². The first kappa shape index (κ1) is 27.5. The zero-order valence-corrected chi connectivity index (χ0v) is 21.1. The molecule has 0 spiro atoms. The lowest BCUT2D eigenvalue weighted by atomic mass is 9.73. The van der Waals surface area contributed by atoms with Gasteiger partial charge in [0.2, 0.25) is 0 Å². The van der Waals surface area contributed by atoms with Crippen molar-refractivity contribution in [1.82, 2.24) is 0 Å². The molecule has 2 aliphatic heterocycles. The van der Waals surface area contributed by atoms with Crippen LogP contribution in [0.2, 0.25) is 0 Å². The van der Waals surface area contributed by atoms with Gasteiger partial charge in [-0.15, -0.1) is 12.6 Å². The molecule has 0 radical (unpaired) electrons. The molecule has 3 rings (SSSR count). The van der Waals surface area contributed by atoms with E-state index >= 15 is 0 Å². The molecule has 30 heavy (non-hydrogen) atoms. The first-order chi connectivity index (χ1) is 14.4. The van der Waals surface area contributed by atoms with Gasteiger partial charge in [-0.1, -0.05) is 31.6 Å². The van der Waals surface area contributed by atoms with E-state index in [0.29, 0.717) is 0 Å².